The van der Waals surface area contributed by atoms with Crippen molar-refractivity contribution < 1.29 is 18.3 Å². The third-order valence-electron chi connectivity index (χ3n) is 4.93. The van der Waals surface area contributed by atoms with Crippen molar-refractivity contribution in [3.63, 3.8) is 0 Å². The molecular weight excluding hydrogens is 365 g/mol. The van der Waals surface area contributed by atoms with Crippen LogP contribution in [-0.4, -0.2) is 32.7 Å². The number of hydrazone groups is 1. The molecule has 0 saturated heterocycles. The highest BCUT2D eigenvalue weighted by molar-refractivity contribution is 7.14. The van der Waals surface area contributed by atoms with Crippen molar-refractivity contribution in [3.05, 3.63) is 29.9 Å². The van der Waals surface area contributed by atoms with Gasteiger partial charge in [0.25, 0.3) is 5.72 Å². The van der Waals surface area contributed by atoms with Crippen LogP contribution in [0.1, 0.15) is 32.1 Å². The Kier molecular flexibility index (Phi) is 4.23. The number of nitrogens with zero attached hydrogens (tertiary/aromatic N) is 4. The molecular formula is C17H17F3N4OS. The molecule has 1 saturated carbocycles. The van der Waals surface area contributed by atoms with E-state index in [9.17, 15) is 18.3 Å². The molecule has 1 aliphatic carbocycles. The molecule has 0 bridgehead atoms. The Morgan fingerprint density at radius 3 is 2.69 bits per heavy atom. The minimum absolute atomic E-state index is 0.0391. The Morgan fingerprint density at radius 2 is 1.96 bits per heavy atom. The monoisotopic (exact) mass is 382 g/mol. The van der Waals surface area contributed by atoms with Gasteiger partial charge in [0, 0.05) is 29.0 Å². The molecule has 0 spiro atoms. The summed E-state index contributed by atoms with van der Waals surface area (Å²) in [5, 5.41) is 17.4. The van der Waals surface area contributed by atoms with Crippen LogP contribution in [0, 0.1) is 5.92 Å². The van der Waals surface area contributed by atoms with Crippen molar-refractivity contribution in [2.24, 2.45) is 11.0 Å². The first-order valence-electron chi connectivity index (χ1n) is 8.44. The van der Waals surface area contributed by atoms with Crippen LogP contribution in [0.4, 0.5) is 18.3 Å². The lowest BCUT2D eigenvalue weighted by Crippen LogP contribution is -2.60. The SMILES string of the molecule is OC1(C(F)(F)F)C2CCCCCC2=NN1c1nc(-c2ccncc2)cs1. The Labute approximate surface area is 152 Å². The lowest BCUT2D eigenvalue weighted by molar-refractivity contribution is -0.268. The zero-order valence-electron chi connectivity index (χ0n) is 13.8. The fourth-order valence-electron chi connectivity index (χ4n) is 3.60. The first-order valence-corrected chi connectivity index (χ1v) is 9.32. The maximum absolute atomic E-state index is 13.9. The lowest BCUT2D eigenvalue weighted by atomic mass is 9.87. The molecule has 1 aliphatic heterocycles. The summed E-state index contributed by atoms with van der Waals surface area (Å²) >= 11 is 1.04. The molecule has 2 unspecified atom stereocenters. The van der Waals surface area contributed by atoms with Crippen LogP contribution < -0.4 is 5.01 Å². The third kappa shape index (κ3) is 2.69. The standard InChI is InChI=1S/C17H17F3N4OS/c18-17(19,20)16(25)12-4-2-1-3-5-13(12)23-24(16)15-22-14(10-26-15)11-6-8-21-9-7-11/h6-10,12,25H,1-5H2. The molecule has 4 rings (SSSR count). The van der Waals surface area contributed by atoms with E-state index >= 15 is 0 Å². The number of hydrogen-bond acceptors (Lipinski definition) is 6. The highest BCUT2D eigenvalue weighted by Crippen LogP contribution is 2.50. The van der Waals surface area contributed by atoms with Crippen LogP contribution in [0.2, 0.25) is 0 Å². The van der Waals surface area contributed by atoms with E-state index in [-0.39, 0.29) is 11.6 Å². The van der Waals surface area contributed by atoms with E-state index in [0.29, 0.717) is 29.3 Å². The molecule has 2 atom stereocenters. The van der Waals surface area contributed by atoms with E-state index in [2.05, 4.69) is 15.1 Å². The molecule has 138 valence electrons. The van der Waals surface area contributed by atoms with E-state index in [1.807, 2.05) is 0 Å². The highest BCUT2D eigenvalue weighted by Gasteiger charge is 2.67. The quantitative estimate of drug-likeness (QED) is 0.845. The first-order chi connectivity index (χ1) is 12.4. The fraction of sp³-hybridized carbons (Fsp3) is 0.471. The smallest absolute Gasteiger partial charge is 0.362 e. The normalized spacial score (nSPS) is 26.4. The molecule has 1 fully saturated rings. The molecule has 0 radical (unpaired) electrons. The van der Waals surface area contributed by atoms with Gasteiger partial charge in [-0.15, -0.1) is 11.3 Å². The summed E-state index contributed by atoms with van der Waals surface area (Å²) in [5.41, 5.74) is -1.34. The first kappa shape index (κ1) is 17.4. The summed E-state index contributed by atoms with van der Waals surface area (Å²) in [6, 6.07) is 3.46. The number of aromatic nitrogens is 2. The van der Waals surface area contributed by atoms with Crippen LogP contribution in [0.15, 0.2) is 35.0 Å². The molecule has 0 aromatic carbocycles. The number of aliphatic hydroxyl groups is 1. The molecule has 26 heavy (non-hydrogen) atoms. The van der Waals surface area contributed by atoms with Crippen molar-refractivity contribution in [1.29, 1.82) is 0 Å². The number of pyridine rings is 1. The van der Waals surface area contributed by atoms with Gasteiger partial charge in [0.1, 0.15) is 0 Å². The zero-order valence-corrected chi connectivity index (χ0v) is 14.6. The van der Waals surface area contributed by atoms with Gasteiger partial charge in [0.05, 0.1) is 11.6 Å². The molecule has 9 heteroatoms. The molecule has 1 N–H and O–H groups in total. The van der Waals surface area contributed by atoms with E-state index in [1.165, 1.54) is 0 Å². The maximum Gasteiger partial charge on any atom is 0.439 e. The fourth-order valence-corrected chi connectivity index (χ4v) is 4.44. The summed E-state index contributed by atoms with van der Waals surface area (Å²) in [4.78, 5) is 8.23. The van der Waals surface area contributed by atoms with Gasteiger partial charge >= 0.3 is 6.18 Å². The largest absolute Gasteiger partial charge is 0.439 e. The van der Waals surface area contributed by atoms with Gasteiger partial charge in [0.2, 0.25) is 5.13 Å². The number of anilines is 1. The Morgan fingerprint density at radius 1 is 1.19 bits per heavy atom. The van der Waals surface area contributed by atoms with Gasteiger partial charge in [-0.3, -0.25) is 4.98 Å². The molecule has 2 aliphatic rings. The minimum Gasteiger partial charge on any atom is -0.362 e. The summed E-state index contributed by atoms with van der Waals surface area (Å²) in [7, 11) is 0. The Hall–Kier alpha value is -2.00. The number of alkyl halides is 3. The van der Waals surface area contributed by atoms with Crippen LogP contribution in [-0.2, 0) is 0 Å². The number of thiazole rings is 1. The summed E-state index contributed by atoms with van der Waals surface area (Å²) in [5.74, 6) is -1.04. The van der Waals surface area contributed by atoms with Crippen molar-refractivity contribution in [2.75, 3.05) is 5.01 Å². The summed E-state index contributed by atoms with van der Waals surface area (Å²) in [6.07, 6.45) is 1.38. The molecule has 3 heterocycles. The van der Waals surface area contributed by atoms with E-state index in [0.717, 1.165) is 29.7 Å². The van der Waals surface area contributed by atoms with Crippen LogP contribution in [0.25, 0.3) is 11.3 Å². The van der Waals surface area contributed by atoms with E-state index in [1.54, 1.807) is 29.9 Å². The second-order valence-electron chi connectivity index (χ2n) is 6.53. The van der Waals surface area contributed by atoms with Gasteiger partial charge in [-0.25, -0.2) is 4.98 Å². The predicted octanol–water partition coefficient (Wildman–Crippen LogP) is 4.21. The summed E-state index contributed by atoms with van der Waals surface area (Å²) in [6.45, 7) is 0. The molecule has 2 aromatic rings. The minimum atomic E-state index is -4.84. The highest BCUT2D eigenvalue weighted by atomic mass is 32.1. The average Bonchev–Trinajstić information content (AvgIpc) is 3.12. The predicted molar refractivity (Wildman–Crippen MR) is 92.8 cm³/mol. The van der Waals surface area contributed by atoms with Crippen molar-refractivity contribution in [1.82, 2.24) is 9.97 Å². The number of fused-ring (bicyclic) bond motifs is 1. The average molecular weight is 382 g/mol. The second-order valence-corrected chi connectivity index (χ2v) is 7.37. The van der Waals surface area contributed by atoms with Gasteiger partial charge in [0.15, 0.2) is 0 Å². The Bertz CT molecular complexity index is 823. The van der Waals surface area contributed by atoms with Gasteiger partial charge in [-0.2, -0.15) is 23.3 Å². The van der Waals surface area contributed by atoms with E-state index in [4.69, 9.17) is 0 Å². The lowest BCUT2D eigenvalue weighted by Gasteiger charge is -2.37. The number of hydrogen-bond donors (Lipinski definition) is 1. The van der Waals surface area contributed by atoms with Gasteiger partial charge in [-0.05, 0) is 31.4 Å². The third-order valence-corrected chi connectivity index (χ3v) is 5.75. The maximum atomic E-state index is 13.9. The number of rotatable bonds is 2. The second kappa shape index (κ2) is 6.31. The molecule has 2 aromatic heterocycles. The van der Waals surface area contributed by atoms with Gasteiger partial charge < -0.3 is 5.11 Å². The molecule has 5 nitrogen and oxygen atoms in total. The topological polar surface area (TPSA) is 61.6 Å². The zero-order chi connectivity index (χ0) is 18.4. The van der Waals surface area contributed by atoms with E-state index < -0.39 is 17.8 Å². The summed E-state index contributed by atoms with van der Waals surface area (Å²) < 4.78 is 41.8. The molecule has 0 amide bonds. The Balaban J connectivity index is 1.76. The van der Waals surface area contributed by atoms with Crippen LogP contribution in [0.3, 0.4) is 0 Å². The van der Waals surface area contributed by atoms with Gasteiger partial charge in [-0.1, -0.05) is 12.8 Å². The number of halogens is 3. The van der Waals surface area contributed by atoms with Crippen molar-refractivity contribution in [3.8, 4) is 11.3 Å². The van der Waals surface area contributed by atoms with Crippen LogP contribution >= 0.6 is 11.3 Å². The van der Waals surface area contributed by atoms with Crippen molar-refractivity contribution >= 4 is 22.2 Å². The van der Waals surface area contributed by atoms with Crippen LogP contribution in [0.5, 0.6) is 0 Å². The van der Waals surface area contributed by atoms with Crippen molar-refractivity contribution in [2.45, 2.75) is 44.0 Å².